The van der Waals surface area contributed by atoms with Gasteiger partial charge in [-0.25, -0.2) is 39.7 Å². The van der Waals surface area contributed by atoms with Gasteiger partial charge in [0.15, 0.2) is 0 Å². The predicted molar refractivity (Wildman–Crippen MR) is 344 cm³/mol. The van der Waals surface area contributed by atoms with E-state index in [4.69, 9.17) is 40.9 Å². The van der Waals surface area contributed by atoms with Crippen LogP contribution >= 0.6 is 68.0 Å². The molecule has 0 spiro atoms. The van der Waals surface area contributed by atoms with Crippen molar-refractivity contribution < 1.29 is 53.2 Å². The highest BCUT2D eigenvalue weighted by molar-refractivity contribution is 7.15. The molecule has 10 N–H and O–H groups in total. The van der Waals surface area contributed by atoms with E-state index >= 15 is 4.79 Å². The van der Waals surface area contributed by atoms with Gasteiger partial charge in [-0.15, -0.1) is 68.0 Å². The number of pyridine rings is 1. The van der Waals surface area contributed by atoms with E-state index in [0.717, 1.165) is 58.4 Å². The van der Waals surface area contributed by atoms with Crippen molar-refractivity contribution in [3.63, 3.8) is 0 Å². The number of aromatic nitrogens is 7. The number of phenols is 1. The van der Waals surface area contributed by atoms with Crippen LogP contribution in [0.3, 0.4) is 0 Å². The third kappa shape index (κ3) is 14.0. The number of thiazole rings is 6. The number of phenolic OH excluding ortho intramolecular Hbond substituents is 1. The summed E-state index contributed by atoms with van der Waals surface area (Å²) < 4.78 is 11.6. The largest absolute Gasteiger partial charge is 0.508 e. The lowest BCUT2D eigenvalue weighted by atomic mass is 10.00. The molecule has 7 atom stereocenters. The molecule has 32 heteroatoms. The van der Waals surface area contributed by atoms with Crippen molar-refractivity contribution in [2.75, 3.05) is 45.9 Å². The third-order valence-corrected chi connectivity index (χ3v) is 21.0. The number of morpholine rings is 1. The fourth-order valence-corrected chi connectivity index (χ4v) is 16.1. The second kappa shape index (κ2) is 27.5. The zero-order valence-electron chi connectivity index (χ0n) is 48.8. The number of amides is 7. The van der Waals surface area contributed by atoms with Gasteiger partial charge in [0.1, 0.15) is 99.9 Å². The molecule has 9 aromatic rings. The number of aromatic hydroxyl groups is 1. The van der Waals surface area contributed by atoms with Crippen LogP contribution in [-0.2, 0) is 25.5 Å². The molecule has 474 valence electrons. The topological polar surface area (TPSA) is 375 Å². The Labute approximate surface area is 548 Å². The van der Waals surface area contributed by atoms with Crippen molar-refractivity contribution in [3.05, 3.63) is 147 Å². The SMILES string of the molecule is Cc1sc2nc1C(=O)N[C@@H]([C@H](O)c1ccccc1)c1nc(cs1)C(=O)NC(Cc1ccc(O)cc1)C(=O)N1C[C@H](OC(=O)NCCN3CCOCC3)[C@H](C)[C@H]1c1nc(cs1)-c1nc(cs1)-c1nc(-c3nc(C(N)=O)cs3)ccc1-c1nc(cs1)C(=O)N[C@H]2CC(N)=O. The average Bonchev–Trinajstić information content (AvgIpc) is 1.64. The molecule has 0 saturated carbocycles. The Hall–Kier alpha value is -8.86. The van der Waals surface area contributed by atoms with E-state index < -0.39 is 90.3 Å². The predicted octanol–water partition coefficient (Wildman–Crippen LogP) is 6.45. The van der Waals surface area contributed by atoms with E-state index in [1.165, 1.54) is 50.9 Å². The molecule has 0 radical (unpaired) electrons. The molecule has 10 bridgehead atoms. The van der Waals surface area contributed by atoms with Gasteiger partial charge < -0.3 is 57.3 Å². The molecule has 10 heterocycles. The number of nitrogens with zero attached hydrogens (tertiary/aromatic N) is 9. The van der Waals surface area contributed by atoms with Gasteiger partial charge in [0.2, 0.25) is 11.8 Å². The molecule has 1 unspecified atom stereocenters. The molecule has 2 fully saturated rings. The quantitative estimate of drug-likeness (QED) is 0.0651. The third-order valence-electron chi connectivity index (χ3n) is 15.5. The van der Waals surface area contributed by atoms with E-state index in [9.17, 15) is 39.0 Å². The fraction of sp³-hybridized carbons (Fsp3) is 0.300. The van der Waals surface area contributed by atoms with Crippen LogP contribution in [-0.4, -0.2) is 155 Å². The molecule has 3 aliphatic rings. The Morgan fingerprint density at radius 2 is 1.37 bits per heavy atom. The van der Waals surface area contributed by atoms with Gasteiger partial charge in [-0.1, -0.05) is 49.4 Å². The van der Waals surface area contributed by atoms with Crippen LogP contribution in [0.2, 0.25) is 0 Å². The van der Waals surface area contributed by atoms with Crippen LogP contribution in [0, 0.1) is 12.8 Å². The van der Waals surface area contributed by atoms with E-state index in [0.29, 0.717) is 90.7 Å². The van der Waals surface area contributed by atoms with Crippen LogP contribution in [0.15, 0.2) is 93.6 Å². The van der Waals surface area contributed by atoms with Gasteiger partial charge >= 0.3 is 6.09 Å². The van der Waals surface area contributed by atoms with E-state index in [1.54, 1.807) is 77.2 Å². The van der Waals surface area contributed by atoms with Gasteiger partial charge in [-0.05, 0) is 42.3 Å². The summed E-state index contributed by atoms with van der Waals surface area (Å²) in [6, 6.07) is 13.6. The maximum atomic E-state index is 15.7. The summed E-state index contributed by atoms with van der Waals surface area (Å²) in [4.78, 5) is 136. The fourth-order valence-electron chi connectivity index (χ4n) is 10.8. The minimum atomic E-state index is -1.43. The molecular weight excluding hydrogens is 1300 g/mol. The van der Waals surface area contributed by atoms with Crippen molar-refractivity contribution in [1.29, 1.82) is 0 Å². The highest BCUT2D eigenvalue weighted by atomic mass is 32.1. The number of fused-ring (bicyclic) bond motifs is 16. The molecule has 3 aliphatic heterocycles. The number of nitrogens with one attached hydrogen (secondary N) is 4. The van der Waals surface area contributed by atoms with Crippen LogP contribution < -0.4 is 32.7 Å². The first-order chi connectivity index (χ1) is 44.4. The molecule has 7 amide bonds. The lowest BCUT2D eigenvalue weighted by Gasteiger charge is -2.29. The molecule has 92 heavy (non-hydrogen) atoms. The van der Waals surface area contributed by atoms with E-state index in [-0.39, 0.29) is 51.5 Å². The Balaban J connectivity index is 0.953. The lowest BCUT2D eigenvalue weighted by molar-refractivity contribution is -0.134. The van der Waals surface area contributed by atoms with Crippen LogP contribution in [0.25, 0.3) is 43.4 Å². The van der Waals surface area contributed by atoms with Crippen LogP contribution in [0.4, 0.5) is 4.79 Å². The average molecular weight is 1360 g/mol. The molecule has 2 aromatic carbocycles. The Kier molecular flexibility index (Phi) is 18.9. The zero-order valence-corrected chi connectivity index (χ0v) is 53.7. The Morgan fingerprint density at radius 1 is 0.707 bits per heavy atom. The number of rotatable bonds is 12. The first-order valence-electron chi connectivity index (χ1n) is 28.7. The summed E-state index contributed by atoms with van der Waals surface area (Å²) in [7, 11) is 0. The van der Waals surface area contributed by atoms with Crippen molar-refractivity contribution >= 4 is 110 Å². The number of aliphatic hydroxyl groups is 1. The number of primary amides is 2. The van der Waals surface area contributed by atoms with Gasteiger partial charge in [0, 0.05) is 75.9 Å². The first-order valence-corrected chi connectivity index (χ1v) is 34.0. The van der Waals surface area contributed by atoms with Crippen molar-refractivity contribution in [2.24, 2.45) is 17.4 Å². The van der Waals surface area contributed by atoms with Gasteiger partial charge in [-0.3, -0.25) is 33.7 Å². The molecule has 12 rings (SSSR count). The number of carbonyl (C=O) groups is 7. The van der Waals surface area contributed by atoms with E-state index in [2.05, 4.69) is 41.1 Å². The van der Waals surface area contributed by atoms with Crippen molar-refractivity contribution in [2.45, 2.75) is 63.1 Å². The van der Waals surface area contributed by atoms with Crippen molar-refractivity contribution in [3.8, 4) is 49.1 Å². The Morgan fingerprint density at radius 3 is 2.12 bits per heavy atom. The number of ether oxygens (including phenoxy) is 2. The number of hydrogen-bond acceptors (Lipinski definition) is 25. The first kappa shape index (κ1) is 63.3. The second-order valence-corrected chi connectivity index (χ2v) is 27.3. The number of aliphatic hydroxyl groups excluding tert-OH is 1. The molecular formula is C60H57N15O11S6. The molecule has 26 nitrogen and oxygen atoms in total. The maximum Gasteiger partial charge on any atom is 0.407 e. The standard InChI is InChI=1S/C60H57N15O11S6/c1-28-42(86-60(84)63-14-15-74-16-18-85-19-17-74)22-75-47(28)58-71-41(27-91-58)55-67-37(23-88-55)45-33(12-13-34(64-45)54-68-38(24-89-54)49(62)79)53-69-39(25-87-53)50(80)65-35(21-43(61)77)56-73-44(29(2)92-56)52(82)72-46(48(78)31-6-4-3-5-7-31)57-70-40(26-90-57)51(81)66-36(59(75)83)20-30-8-10-32(76)11-9-30/h3-13,23-28,35-36,42,46-48,76,78H,14-22H2,1-2H3,(H2,61,77)(H2,62,79)(H,63,84)(H,65,80)(H,66,81)(H,72,82)/t28-,35-,36?,42-,46-,47-,48+/m0/s1. The smallest absolute Gasteiger partial charge is 0.407 e. The number of nitrogens with two attached hydrogens (primary N) is 2. The van der Waals surface area contributed by atoms with E-state index in [1.807, 2.05) is 6.92 Å². The Bertz CT molecular complexity index is 4240. The summed E-state index contributed by atoms with van der Waals surface area (Å²) in [5.41, 5.74) is 14.1. The molecule has 2 saturated heterocycles. The number of hydrogen-bond donors (Lipinski definition) is 8. The minimum absolute atomic E-state index is 0.0199. The highest BCUT2D eigenvalue weighted by Gasteiger charge is 2.48. The summed E-state index contributed by atoms with van der Waals surface area (Å²) in [5, 5.41) is 43.9. The van der Waals surface area contributed by atoms with Crippen LogP contribution in [0.5, 0.6) is 5.75 Å². The molecule has 7 aromatic heterocycles. The second-order valence-electron chi connectivity index (χ2n) is 21.7. The molecule has 0 aliphatic carbocycles. The van der Waals surface area contributed by atoms with Crippen LogP contribution in [0.1, 0.15) is 111 Å². The number of aryl methyl sites for hydroxylation is 1. The van der Waals surface area contributed by atoms with Gasteiger partial charge in [0.05, 0.1) is 44.0 Å². The maximum absolute atomic E-state index is 15.7. The zero-order chi connectivity index (χ0) is 64.3. The summed E-state index contributed by atoms with van der Waals surface area (Å²) >= 11 is 6.83. The number of alkyl carbamates (subject to hydrolysis) is 1. The van der Waals surface area contributed by atoms with Gasteiger partial charge in [-0.2, -0.15) is 0 Å². The summed E-state index contributed by atoms with van der Waals surface area (Å²) in [6.45, 7) is 6.87. The number of carbonyl (C=O) groups excluding carboxylic acids is 7. The summed E-state index contributed by atoms with van der Waals surface area (Å²) in [5.74, 6) is -4.86. The highest BCUT2D eigenvalue weighted by Crippen LogP contribution is 2.44. The van der Waals surface area contributed by atoms with Gasteiger partial charge in [0.25, 0.3) is 23.6 Å². The summed E-state index contributed by atoms with van der Waals surface area (Å²) in [6.07, 6.45) is -3.46. The normalized spacial score (nSPS) is 20.1. The number of benzene rings is 2. The monoisotopic (exact) mass is 1360 g/mol. The lowest BCUT2D eigenvalue weighted by Crippen LogP contribution is -2.50. The minimum Gasteiger partial charge on any atom is -0.508 e. The van der Waals surface area contributed by atoms with Crippen molar-refractivity contribution in [1.82, 2.24) is 66.0 Å².